The second-order valence-electron chi connectivity index (χ2n) is 8.34. The summed E-state index contributed by atoms with van der Waals surface area (Å²) in [6.45, 7) is 10.5. The van der Waals surface area contributed by atoms with Crippen molar-refractivity contribution in [3.63, 3.8) is 0 Å². The fourth-order valence-corrected chi connectivity index (χ4v) is 4.96. The van der Waals surface area contributed by atoms with E-state index in [4.69, 9.17) is 4.74 Å². The van der Waals surface area contributed by atoms with Gasteiger partial charge in [0, 0.05) is 6.61 Å². The molecule has 2 aliphatic carbocycles. The Morgan fingerprint density at radius 3 is 2.09 bits per heavy atom. The van der Waals surface area contributed by atoms with Crippen LogP contribution in [0.5, 0.6) is 0 Å². The minimum atomic E-state index is 0.534. The van der Waals surface area contributed by atoms with Gasteiger partial charge in [-0.1, -0.05) is 66.2 Å². The third kappa shape index (κ3) is 4.98. The molecule has 2 aliphatic rings. The zero-order valence-corrected chi connectivity index (χ0v) is 15.7. The van der Waals surface area contributed by atoms with Crippen LogP contribution in [0.1, 0.15) is 91.9 Å². The van der Waals surface area contributed by atoms with Gasteiger partial charge in [-0.25, -0.2) is 0 Å². The predicted molar refractivity (Wildman–Crippen MR) is 96.1 cm³/mol. The van der Waals surface area contributed by atoms with Crippen LogP contribution in [-0.4, -0.2) is 12.7 Å². The molecule has 0 spiro atoms. The SMILES string of the molecule is CCCOC1CCC(CCC2CCC(CC)CC2)C(C)C1C. The molecule has 4 unspecified atom stereocenters. The second kappa shape index (κ2) is 9.30. The number of hydrogen-bond acceptors (Lipinski definition) is 1. The molecule has 0 aromatic rings. The summed E-state index contributed by atoms with van der Waals surface area (Å²) in [7, 11) is 0. The fourth-order valence-electron chi connectivity index (χ4n) is 4.96. The van der Waals surface area contributed by atoms with Gasteiger partial charge in [-0.2, -0.15) is 0 Å². The first-order chi connectivity index (χ1) is 10.7. The third-order valence-electron chi connectivity index (χ3n) is 7.01. The van der Waals surface area contributed by atoms with Gasteiger partial charge < -0.3 is 4.74 Å². The highest BCUT2D eigenvalue weighted by Crippen LogP contribution is 2.41. The molecule has 0 aromatic heterocycles. The van der Waals surface area contributed by atoms with Crippen molar-refractivity contribution in [2.24, 2.45) is 29.6 Å². The van der Waals surface area contributed by atoms with Crippen molar-refractivity contribution in [1.29, 1.82) is 0 Å². The lowest BCUT2D eigenvalue weighted by Gasteiger charge is -2.40. The standard InChI is InChI=1S/C21H40O/c1-5-15-22-21-14-13-20(16(3)17(21)4)12-11-19-9-7-18(6-2)8-10-19/h16-21H,5-15H2,1-4H3. The smallest absolute Gasteiger partial charge is 0.0603 e. The van der Waals surface area contributed by atoms with Gasteiger partial charge in [-0.3, -0.25) is 0 Å². The van der Waals surface area contributed by atoms with Crippen LogP contribution in [0.4, 0.5) is 0 Å². The molecule has 0 heterocycles. The molecule has 2 rings (SSSR count). The van der Waals surface area contributed by atoms with Crippen LogP contribution in [-0.2, 0) is 4.74 Å². The predicted octanol–water partition coefficient (Wildman–Crippen LogP) is 6.46. The van der Waals surface area contributed by atoms with E-state index >= 15 is 0 Å². The fraction of sp³-hybridized carbons (Fsp3) is 1.00. The molecular formula is C21H40O. The molecule has 0 aliphatic heterocycles. The third-order valence-corrected chi connectivity index (χ3v) is 7.01. The molecule has 2 fully saturated rings. The van der Waals surface area contributed by atoms with Gasteiger partial charge >= 0.3 is 0 Å². The average Bonchev–Trinajstić information content (AvgIpc) is 2.56. The molecule has 1 heteroatoms. The first-order valence-corrected chi connectivity index (χ1v) is 10.3. The summed E-state index contributed by atoms with van der Waals surface area (Å²) in [6, 6.07) is 0. The zero-order valence-electron chi connectivity index (χ0n) is 15.7. The Kier molecular flexibility index (Phi) is 7.74. The Morgan fingerprint density at radius 2 is 1.45 bits per heavy atom. The van der Waals surface area contributed by atoms with E-state index in [-0.39, 0.29) is 0 Å². The van der Waals surface area contributed by atoms with Crippen molar-refractivity contribution in [2.45, 2.75) is 98.0 Å². The van der Waals surface area contributed by atoms with Gasteiger partial charge in [0.05, 0.1) is 6.10 Å². The maximum Gasteiger partial charge on any atom is 0.0603 e. The monoisotopic (exact) mass is 308 g/mol. The topological polar surface area (TPSA) is 9.23 Å². The van der Waals surface area contributed by atoms with E-state index in [1.807, 2.05) is 0 Å². The largest absolute Gasteiger partial charge is 0.378 e. The molecular weight excluding hydrogens is 268 g/mol. The number of hydrogen-bond donors (Lipinski definition) is 0. The summed E-state index contributed by atoms with van der Waals surface area (Å²) < 4.78 is 6.08. The van der Waals surface area contributed by atoms with Gasteiger partial charge in [0.25, 0.3) is 0 Å². The van der Waals surface area contributed by atoms with Crippen LogP contribution in [0, 0.1) is 29.6 Å². The first kappa shape index (κ1) is 18.3. The van der Waals surface area contributed by atoms with Gasteiger partial charge in [-0.15, -0.1) is 0 Å². The molecule has 0 aromatic carbocycles. The summed E-state index contributed by atoms with van der Waals surface area (Å²) in [4.78, 5) is 0. The zero-order chi connectivity index (χ0) is 15.9. The lowest BCUT2D eigenvalue weighted by molar-refractivity contribution is -0.0429. The summed E-state index contributed by atoms with van der Waals surface area (Å²) in [5.74, 6) is 4.64. The molecule has 0 amide bonds. The summed E-state index contributed by atoms with van der Waals surface area (Å²) in [5, 5.41) is 0. The molecule has 0 N–H and O–H groups in total. The molecule has 1 nitrogen and oxygen atoms in total. The van der Waals surface area contributed by atoms with Gasteiger partial charge in [0.1, 0.15) is 0 Å². The van der Waals surface area contributed by atoms with Crippen molar-refractivity contribution in [3.05, 3.63) is 0 Å². The first-order valence-electron chi connectivity index (χ1n) is 10.3. The Balaban J connectivity index is 1.70. The lowest BCUT2D eigenvalue weighted by Crippen LogP contribution is -2.37. The van der Waals surface area contributed by atoms with Crippen LogP contribution in [0.2, 0.25) is 0 Å². The number of ether oxygens (including phenoxy) is 1. The van der Waals surface area contributed by atoms with Crippen molar-refractivity contribution in [2.75, 3.05) is 6.61 Å². The Bertz CT molecular complexity index is 292. The quantitative estimate of drug-likeness (QED) is 0.524. The maximum atomic E-state index is 6.08. The highest BCUT2D eigenvalue weighted by molar-refractivity contribution is 4.84. The van der Waals surface area contributed by atoms with Crippen molar-refractivity contribution < 1.29 is 4.74 Å². The highest BCUT2D eigenvalue weighted by atomic mass is 16.5. The van der Waals surface area contributed by atoms with Crippen molar-refractivity contribution in [3.8, 4) is 0 Å². The molecule has 22 heavy (non-hydrogen) atoms. The molecule has 0 saturated heterocycles. The van der Waals surface area contributed by atoms with Gasteiger partial charge in [0.15, 0.2) is 0 Å². The van der Waals surface area contributed by atoms with Crippen LogP contribution < -0.4 is 0 Å². The molecule has 4 atom stereocenters. The maximum absolute atomic E-state index is 6.08. The average molecular weight is 309 g/mol. The van der Waals surface area contributed by atoms with Crippen LogP contribution in [0.15, 0.2) is 0 Å². The summed E-state index contributed by atoms with van der Waals surface area (Å²) in [5.41, 5.74) is 0. The van der Waals surface area contributed by atoms with E-state index in [9.17, 15) is 0 Å². The van der Waals surface area contributed by atoms with Crippen molar-refractivity contribution >= 4 is 0 Å². The van der Waals surface area contributed by atoms with Gasteiger partial charge in [0.2, 0.25) is 0 Å². The van der Waals surface area contributed by atoms with E-state index in [2.05, 4.69) is 27.7 Å². The normalized spacial score (nSPS) is 39.8. The van der Waals surface area contributed by atoms with E-state index in [0.29, 0.717) is 6.10 Å². The molecule has 2 saturated carbocycles. The Morgan fingerprint density at radius 1 is 0.773 bits per heavy atom. The highest BCUT2D eigenvalue weighted by Gasteiger charge is 2.34. The summed E-state index contributed by atoms with van der Waals surface area (Å²) >= 11 is 0. The minimum Gasteiger partial charge on any atom is -0.378 e. The van der Waals surface area contributed by atoms with Crippen LogP contribution >= 0.6 is 0 Å². The molecule has 0 radical (unpaired) electrons. The van der Waals surface area contributed by atoms with E-state index in [1.165, 1.54) is 57.8 Å². The molecule has 0 bridgehead atoms. The lowest BCUT2D eigenvalue weighted by atomic mass is 9.69. The molecule has 130 valence electrons. The van der Waals surface area contributed by atoms with Crippen LogP contribution in [0.3, 0.4) is 0 Å². The van der Waals surface area contributed by atoms with Crippen LogP contribution in [0.25, 0.3) is 0 Å². The minimum absolute atomic E-state index is 0.534. The second-order valence-corrected chi connectivity index (χ2v) is 8.34. The Hall–Kier alpha value is -0.0400. The van der Waals surface area contributed by atoms with Gasteiger partial charge in [-0.05, 0) is 55.3 Å². The summed E-state index contributed by atoms with van der Waals surface area (Å²) in [6.07, 6.45) is 14.8. The van der Waals surface area contributed by atoms with E-state index in [0.717, 1.165) is 42.6 Å². The van der Waals surface area contributed by atoms with Crippen molar-refractivity contribution in [1.82, 2.24) is 0 Å². The number of rotatable bonds is 7. The Labute approximate surface area is 139 Å². The van der Waals surface area contributed by atoms with E-state index < -0.39 is 0 Å². The van der Waals surface area contributed by atoms with E-state index in [1.54, 1.807) is 0 Å².